The highest BCUT2D eigenvalue weighted by atomic mass is 35.5. The molecule has 722 valence electrons. The fraction of sp³-hybridized carbons (Fsp3) is 0.470. The standard InChI is InChI=1S/C22H26ClNO5.C21H23ClN2O3.C21H25N3O3.C16H22ClNO5.C15H19ClN2O3.5CH4/c1-12-16(14-8-10-15(23)11-9-14)17(13(2)24-18(12)20(25)27-6)19(21(26)28-7)29-22(3,4)5;1-12-16(11-23)24-13(2)18(17(12)14-7-9-15(22)10-8-14)19(20(25)26-6)27-21(3,4)5;1-12-16(11-22)24-13(2)18(17(12)14-7-9-15(23)10-8-14)19(20(25)26-6)27-21(3,4)5;1-8-11(17)10(9(2)18-12(8)14(19)21-6)13(15(20)22-7)23-16(3,4)5;1-8-10(7-17)18-9(2)11(12(8)16)13(14(19)20-6)21-15(3,4)5;;;;;/h8-11,19H,1-7H3;7-10,19H,1-6H3;7-10,19H,23H2,1-6H3;13H,1-7H3;13H,1-6H3;5*1H4/t3*19-;2*13-;;;;;/m00000...../s1. The molecule has 0 unspecified atom stereocenters. The molecule has 0 radical (unpaired) electrons. The van der Waals surface area contributed by atoms with Crippen molar-refractivity contribution in [3.05, 3.63) is 205 Å². The normalized spacial score (nSPS) is 12.0. The van der Waals surface area contributed by atoms with Crippen LogP contribution in [0, 0.1) is 103 Å². The van der Waals surface area contributed by atoms with E-state index in [0.717, 1.165) is 27.8 Å². The molecule has 0 amide bonds. The lowest BCUT2D eigenvalue weighted by atomic mass is 9.90. The number of carbonyl (C=O) groups is 7. The Morgan fingerprint density at radius 1 is 0.303 bits per heavy atom. The van der Waals surface area contributed by atoms with E-state index < -0.39 is 100 Å². The molecular formula is C100H135Cl4N9O19. The number of nitrogens with zero attached hydrogens (tertiary/aromatic N) is 8. The van der Waals surface area contributed by atoms with Gasteiger partial charge in [0.2, 0.25) is 0 Å². The monoisotopic (exact) mass is 1910 g/mol. The van der Waals surface area contributed by atoms with Gasteiger partial charge >= 0.3 is 41.8 Å². The molecule has 132 heavy (non-hydrogen) atoms. The Morgan fingerprint density at radius 2 is 0.508 bits per heavy atom. The lowest BCUT2D eigenvalue weighted by molar-refractivity contribution is -0.164. The molecule has 8 rings (SSSR count). The number of nitrogens with two attached hydrogens (primary N) is 1. The number of nitrogen functional groups attached to an aromatic ring is 1. The number of methoxy groups -OCH3 is 7. The molecule has 8 aromatic rings. The molecule has 0 aliphatic heterocycles. The second-order valence-corrected chi connectivity index (χ2v) is 35.4. The van der Waals surface area contributed by atoms with Crippen LogP contribution in [0.4, 0.5) is 5.69 Å². The maximum Gasteiger partial charge on any atom is 0.356 e. The Balaban J connectivity index is 0. The molecule has 2 N–H and O–H groups in total. The highest BCUT2D eigenvalue weighted by Crippen LogP contribution is 2.44. The third-order valence-electron chi connectivity index (χ3n) is 18.5. The molecule has 5 atom stereocenters. The average molecular weight is 1910 g/mol. The third-order valence-corrected chi connectivity index (χ3v) is 19.9. The van der Waals surface area contributed by atoms with E-state index >= 15 is 0 Å². The van der Waals surface area contributed by atoms with Gasteiger partial charge in [-0.15, -0.1) is 0 Å². The molecule has 0 saturated heterocycles. The minimum atomic E-state index is -1.04. The summed E-state index contributed by atoms with van der Waals surface area (Å²) in [6.45, 7) is 45.0. The largest absolute Gasteiger partial charge is 0.467 e. The number of hydrogen-bond acceptors (Lipinski definition) is 28. The number of ether oxygens (including phenoxy) is 12. The molecule has 0 spiro atoms. The van der Waals surface area contributed by atoms with Crippen LogP contribution in [-0.4, -0.2) is 144 Å². The van der Waals surface area contributed by atoms with Gasteiger partial charge in [0.15, 0.2) is 41.9 Å². The van der Waals surface area contributed by atoms with E-state index in [2.05, 4.69) is 37.1 Å². The number of halogens is 4. The number of carbonyl (C=O) groups excluding carboxylic acids is 7. The van der Waals surface area contributed by atoms with E-state index in [9.17, 15) is 44.1 Å². The smallest absolute Gasteiger partial charge is 0.356 e. The summed E-state index contributed by atoms with van der Waals surface area (Å²) in [5.74, 6) is -3.88. The number of rotatable bonds is 20. The number of benzene rings is 3. The Morgan fingerprint density at radius 3 is 0.750 bits per heavy atom. The van der Waals surface area contributed by atoms with Crippen LogP contribution in [-0.2, 0) is 80.8 Å². The third kappa shape index (κ3) is 33.0. The van der Waals surface area contributed by atoms with Gasteiger partial charge in [-0.3, -0.25) is 0 Å². The van der Waals surface area contributed by atoms with Gasteiger partial charge in [0.1, 0.15) is 35.3 Å². The minimum absolute atomic E-state index is 0. The SMILES string of the molecule is C.C.C.C.C.COC(=O)[C@@H](OC(C)(C)C)c1c(C)nc(C#N)c(C)c1-c1ccc(Cl)cc1.COC(=O)[C@@H](OC(C)(C)C)c1c(C)nc(C#N)c(C)c1-c1ccc(N)cc1.COC(=O)[C@@H](OC(C)(C)C)c1c(C)nc(C#N)c(C)c1Cl.COC(=O)c1nc(C)c([C@H](OC(C)(C)C)C(=O)OC)c(-c2ccc(Cl)cc2)c1C.COC(=O)c1nc(C)c([C@H](OC(C)(C)C)C(=O)OC)c(Cl)c1C. The van der Waals surface area contributed by atoms with Gasteiger partial charge in [-0.2, -0.15) is 15.8 Å². The van der Waals surface area contributed by atoms with E-state index in [4.69, 9.17) is 114 Å². The molecule has 0 aliphatic carbocycles. The molecule has 0 fully saturated rings. The lowest BCUT2D eigenvalue weighted by Crippen LogP contribution is -2.30. The van der Waals surface area contributed by atoms with Gasteiger partial charge in [-0.1, -0.05) is 120 Å². The number of esters is 7. The van der Waals surface area contributed by atoms with E-state index in [1.54, 1.807) is 91.8 Å². The van der Waals surface area contributed by atoms with E-state index in [1.165, 1.54) is 49.8 Å². The number of pyridine rings is 5. The summed E-state index contributed by atoms with van der Waals surface area (Å²) in [5, 5.41) is 29.7. The fourth-order valence-corrected chi connectivity index (χ4v) is 13.8. The maximum absolute atomic E-state index is 12.7. The zero-order chi connectivity index (χ0) is 97.0. The van der Waals surface area contributed by atoms with Crippen molar-refractivity contribution in [2.45, 2.75) is 269 Å². The van der Waals surface area contributed by atoms with Crippen LogP contribution in [0.5, 0.6) is 0 Å². The van der Waals surface area contributed by atoms with Crippen molar-refractivity contribution in [2.75, 3.05) is 55.5 Å². The summed E-state index contributed by atoms with van der Waals surface area (Å²) >= 11 is 24.8. The second kappa shape index (κ2) is 52.4. The number of hydrogen-bond donors (Lipinski definition) is 1. The first-order valence-electron chi connectivity index (χ1n) is 39.7. The molecule has 0 aliphatic rings. The summed E-state index contributed by atoms with van der Waals surface area (Å²) in [6, 6.07) is 27.8. The van der Waals surface area contributed by atoms with Crippen molar-refractivity contribution in [3.63, 3.8) is 0 Å². The van der Waals surface area contributed by atoms with Crippen LogP contribution < -0.4 is 5.73 Å². The van der Waals surface area contributed by atoms with Crippen LogP contribution in [0.1, 0.15) is 294 Å². The Bertz CT molecular complexity index is 5330. The first-order chi connectivity index (χ1) is 58.8. The van der Waals surface area contributed by atoms with Gasteiger partial charge in [-0.25, -0.2) is 58.5 Å². The van der Waals surface area contributed by atoms with Crippen molar-refractivity contribution < 1.29 is 90.4 Å². The Kier molecular flexibility index (Phi) is 48.8. The molecule has 5 aromatic heterocycles. The Hall–Kier alpha value is -11.1. The number of aryl methyl sites for hydroxylation is 5. The van der Waals surface area contributed by atoms with Crippen molar-refractivity contribution in [3.8, 4) is 51.6 Å². The second-order valence-electron chi connectivity index (χ2n) is 33.8. The average Bonchev–Trinajstić information content (AvgIpc) is 0.767. The van der Waals surface area contributed by atoms with Crippen molar-refractivity contribution in [2.24, 2.45) is 0 Å². The van der Waals surface area contributed by atoms with Crippen LogP contribution in [0.15, 0.2) is 72.8 Å². The summed E-state index contributed by atoms with van der Waals surface area (Å²) in [4.78, 5) is 108. The Labute approximate surface area is 801 Å². The zero-order valence-corrected chi connectivity index (χ0v) is 81.3. The molecule has 0 bridgehead atoms. The molecule has 5 heterocycles. The van der Waals surface area contributed by atoms with Gasteiger partial charge in [0.05, 0.1) is 87.8 Å². The van der Waals surface area contributed by atoms with Gasteiger partial charge in [0.25, 0.3) is 0 Å². The highest BCUT2D eigenvalue weighted by molar-refractivity contribution is 6.33. The maximum atomic E-state index is 12.7. The van der Waals surface area contributed by atoms with Crippen molar-refractivity contribution in [1.82, 2.24) is 24.9 Å². The number of anilines is 1. The topological polar surface area (TPSA) is 392 Å². The van der Waals surface area contributed by atoms with Crippen LogP contribution in [0.3, 0.4) is 0 Å². The van der Waals surface area contributed by atoms with Gasteiger partial charge < -0.3 is 62.6 Å². The van der Waals surface area contributed by atoms with E-state index in [0.29, 0.717) is 122 Å². The van der Waals surface area contributed by atoms with E-state index in [1.807, 2.05) is 160 Å². The lowest BCUT2D eigenvalue weighted by Gasteiger charge is -2.29. The van der Waals surface area contributed by atoms with Crippen LogP contribution in [0.25, 0.3) is 33.4 Å². The molecule has 28 nitrogen and oxygen atoms in total. The molecule has 0 saturated carbocycles. The number of aromatic nitrogens is 5. The fourth-order valence-electron chi connectivity index (χ4n) is 12.9. The summed E-state index contributed by atoms with van der Waals surface area (Å²) in [5.41, 5.74) is 17.0. The summed E-state index contributed by atoms with van der Waals surface area (Å²) in [6.07, 6.45) is -4.99. The summed E-state index contributed by atoms with van der Waals surface area (Å²) in [7, 11) is 9.07. The highest BCUT2D eigenvalue weighted by Gasteiger charge is 2.40. The summed E-state index contributed by atoms with van der Waals surface area (Å²) < 4.78 is 64.0. The first kappa shape index (κ1) is 123. The quantitative estimate of drug-likeness (QED) is 0.0420. The predicted octanol–water partition coefficient (Wildman–Crippen LogP) is 23.2. The van der Waals surface area contributed by atoms with Crippen LogP contribution >= 0.6 is 46.4 Å². The number of nitriles is 3. The molecule has 3 aromatic carbocycles. The zero-order valence-electron chi connectivity index (χ0n) is 78.2. The van der Waals surface area contributed by atoms with Gasteiger partial charge in [-0.05, 0) is 260 Å². The predicted molar refractivity (Wildman–Crippen MR) is 518 cm³/mol. The molecule has 32 heteroatoms. The van der Waals surface area contributed by atoms with Crippen molar-refractivity contribution in [1.29, 1.82) is 15.8 Å². The van der Waals surface area contributed by atoms with Gasteiger partial charge in [0, 0.05) is 83.1 Å². The van der Waals surface area contributed by atoms with Crippen molar-refractivity contribution >= 4 is 93.9 Å². The first-order valence-corrected chi connectivity index (χ1v) is 41.2. The van der Waals surface area contributed by atoms with Crippen LogP contribution in [0.2, 0.25) is 20.1 Å². The van der Waals surface area contributed by atoms with E-state index in [-0.39, 0.29) is 59.2 Å². The molecular weight excluding hydrogens is 1770 g/mol. The minimum Gasteiger partial charge on any atom is -0.467 e.